The maximum Gasteiger partial charge on any atom is 0.261 e. The minimum Gasteiger partial charge on any atom is -0.342 e. The number of hydrogen-bond acceptors (Lipinski definition) is 3. The highest BCUT2D eigenvalue weighted by Crippen LogP contribution is 2.27. The lowest BCUT2D eigenvalue weighted by Gasteiger charge is -2.17. The van der Waals surface area contributed by atoms with Crippen molar-refractivity contribution in [3.8, 4) is 0 Å². The Morgan fingerprint density at radius 1 is 1.30 bits per heavy atom. The Labute approximate surface area is 140 Å². The lowest BCUT2D eigenvalue weighted by atomic mass is 10.2. The molecule has 3 rings (SSSR count). The summed E-state index contributed by atoms with van der Waals surface area (Å²) in [5.74, 6) is -0.231. The Morgan fingerprint density at radius 3 is 2.83 bits per heavy atom. The smallest absolute Gasteiger partial charge is 0.261 e. The van der Waals surface area contributed by atoms with E-state index in [0.29, 0.717) is 11.4 Å². The van der Waals surface area contributed by atoms with Gasteiger partial charge in [0.05, 0.1) is 11.4 Å². The number of fused-ring (bicyclic) bond motifs is 1. The molecule has 0 saturated heterocycles. The van der Waals surface area contributed by atoms with Crippen molar-refractivity contribution < 1.29 is 9.59 Å². The summed E-state index contributed by atoms with van der Waals surface area (Å²) in [6.45, 7) is 4.81. The molecule has 120 valence electrons. The van der Waals surface area contributed by atoms with Gasteiger partial charge < -0.3 is 10.2 Å². The predicted molar refractivity (Wildman–Crippen MR) is 93.3 cm³/mol. The van der Waals surface area contributed by atoms with Crippen LogP contribution >= 0.6 is 11.3 Å². The van der Waals surface area contributed by atoms with Crippen LogP contribution in [-0.2, 0) is 17.6 Å². The van der Waals surface area contributed by atoms with Crippen molar-refractivity contribution in [2.45, 2.75) is 26.7 Å². The number of benzene rings is 1. The quantitative estimate of drug-likeness (QED) is 0.938. The van der Waals surface area contributed by atoms with E-state index in [0.717, 1.165) is 24.1 Å². The van der Waals surface area contributed by atoms with E-state index in [2.05, 4.69) is 12.2 Å². The molecule has 2 heterocycles. The van der Waals surface area contributed by atoms with Crippen LogP contribution in [0.25, 0.3) is 0 Å². The van der Waals surface area contributed by atoms with Crippen LogP contribution in [0.5, 0.6) is 0 Å². The van der Waals surface area contributed by atoms with Gasteiger partial charge in [-0.05, 0) is 43.0 Å². The normalized spacial score (nSPS) is 13.0. The van der Waals surface area contributed by atoms with E-state index in [-0.39, 0.29) is 18.4 Å². The molecule has 1 aromatic heterocycles. The van der Waals surface area contributed by atoms with Gasteiger partial charge in [-0.25, -0.2) is 0 Å². The second kappa shape index (κ2) is 6.54. The first-order valence-corrected chi connectivity index (χ1v) is 8.67. The number of carbonyl (C=O) groups excluding carboxylic acids is 2. The van der Waals surface area contributed by atoms with E-state index >= 15 is 0 Å². The maximum absolute atomic E-state index is 12.4. The Bertz CT molecular complexity index is 751. The lowest BCUT2D eigenvalue weighted by Crippen LogP contribution is -2.39. The summed E-state index contributed by atoms with van der Waals surface area (Å²) >= 11 is 1.50. The molecule has 0 radical (unpaired) electrons. The van der Waals surface area contributed by atoms with Crippen LogP contribution in [0.3, 0.4) is 0 Å². The van der Waals surface area contributed by atoms with Crippen LogP contribution in [0, 0.1) is 6.92 Å². The van der Waals surface area contributed by atoms with E-state index < -0.39 is 0 Å². The number of thiophene rings is 1. The molecule has 5 heteroatoms. The number of nitrogens with zero attached hydrogens (tertiary/aromatic N) is 1. The summed E-state index contributed by atoms with van der Waals surface area (Å²) in [7, 11) is 0. The number of rotatable bonds is 4. The van der Waals surface area contributed by atoms with Crippen molar-refractivity contribution in [2.24, 2.45) is 0 Å². The minimum atomic E-state index is -0.168. The first kappa shape index (κ1) is 15.7. The van der Waals surface area contributed by atoms with E-state index in [1.807, 2.05) is 37.3 Å². The lowest BCUT2D eigenvalue weighted by molar-refractivity contribution is -0.117. The Hall–Kier alpha value is -2.14. The summed E-state index contributed by atoms with van der Waals surface area (Å²) in [5, 5.41) is 2.75. The Morgan fingerprint density at radius 2 is 2.09 bits per heavy atom. The first-order chi connectivity index (χ1) is 11.1. The Balaban J connectivity index is 1.62. The highest BCUT2D eigenvalue weighted by Gasteiger charge is 2.24. The zero-order valence-corrected chi connectivity index (χ0v) is 14.2. The topological polar surface area (TPSA) is 49.4 Å². The van der Waals surface area contributed by atoms with Gasteiger partial charge in [-0.3, -0.25) is 9.59 Å². The van der Waals surface area contributed by atoms with Crippen LogP contribution in [0.15, 0.2) is 30.3 Å². The number of anilines is 1. The molecule has 0 fully saturated rings. The molecule has 4 nitrogen and oxygen atoms in total. The van der Waals surface area contributed by atoms with E-state index in [1.54, 1.807) is 4.90 Å². The summed E-state index contributed by atoms with van der Waals surface area (Å²) in [6.07, 6.45) is 1.80. The number of nitrogens with one attached hydrogen (secondary N) is 1. The van der Waals surface area contributed by atoms with Crippen LogP contribution in [0.1, 0.15) is 32.6 Å². The fourth-order valence-corrected chi connectivity index (χ4v) is 3.95. The highest BCUT2D eigenvalue weighted by molar-refractivity contribution is 7.14. The number of aryl methyl sites for hydroxylation is 2. The third kappa shape index (κ3) is 3.15. The van der Waals surface area contributed by atoms with Gasteiger partial charge in [0.2, 0.25) is 5.91 Å². The summed E-state index contributed by atoms with van der Waals surface area (Å²) in [6, 6.07) is 9.82. The van der Waals surface area contributed by atoms with E-state index in [4.69, 9.17) is 0 Å². The monoisotopic (exact) mass is 328 g/mol. The third-order valence-electron chi connectivity index (χ3n) is 4.15. The fourth-order valence-electron chi connectivity index (χ4n) is 2.92. The first-order valence-electron chi connectivity index (χ1n) is 7.86. The zero-order chi connectivity index (χ0) is 16.4. The SMILES string of the molecule is CCc1sc(C(=O)NCC(=O)N2CCc3ccccc32)cc1C. The van der Waals surface area contributed by atoms with E-state index in [1.165, 1.54) is 21.8 Å². The summed E-state index contributed by atoms with van der Waals surface area (Å²) in [5.41, 5.74) is 3.29. The highest BCUT2D eigenvalue weighted by atomic mass is 32.1. The van der Waals surface area contributed by atoms with Gasteiger partial charge in [0.25, 0.3) is 5.91 Å². The van der Waals surface area contributed by atoms with Gasteiger partial charge >= 0.3 is 0 Å². The average molecular weight is 328 g/mol. The van der Waals surface area contributed by atoms with Gasteiger partial charge in [0, 0.05) is 17.1 Å². The Kier molecular flexibility index (Phi) is 4.48. The summed E-state index contributed by atoms with van der Waals surface area (Å²) in [4.78, 5) is 28.3. The second-order valence-electron chi connectivity index (χ2n) is 5.68. The van der Waals surface area contributed by atoms with Crippen LogP contribution in [0.4, 0.5) is 5.69 Å². The van der Waals surface area contributed by atoms with Crippen LogP contribution < -0.4 is 10.2 Å². The molecule has 2 aromatic rings. The molecule has 0 saturated carbocycles. The molecule has 1 N–H and O–H groups in total. The van der Waals surface area contributed by atoms with Crippen molar-refractivity contribution in [1.82, 2.24) is 5.32 Å². The van der Waals surface area contributed by atoms with Gasteiger partial charge in [0.1, 0.15) is 0 Å². The minimum absolute atomic E-state index is 0.0333. The van der Waals surface area contributed by atoms with Crippen LogP contribution in [-0.4, -0.2) is 24.9 Å². The number of amides is 2. The number of hydrogen-bond donors (Lipinski definition) is 1. The van der Waals surface area contributed by atoms with Crippen molar-refractivity contribution in [2.75, 3.05) is 18.0 Å². The van der Waals surface area contributed by atoms with Gasteiger partial charge in [-0.15, -0.1) is 11.3 Å². The average Bonchev–Trinajstić information content (AvgIpc) is 3.15. The van der Waals surface area contributed by atoms with Crippen LogP contribution in [0.2, 0.25) is 0 Å². The molecule has 2 amide bonds. The fraction of sp³-hybridized carbons (Fsp3) is 0.333. The van der Waals surface area contributed by atoms with Gasteiger partial charge in [0.15, 0.2) is 0 Å². The van der Waals surface area contributed by atoms with E-state index in [9.17, 15) is 9.59 Å². The van der Waals surface area contributed by atoms with Crippen molar-refractivity contribution in [3.05, 3.63) is 51.2 Å². The van der Waals surface area contributed by atoms with Crippen molar-refractivity contribution in [1.29, 1.82) is 0 Å². The van der Waals surface area contributed by atoms with Crippen molar-refractivity contribution >= 4 is 28.8 Å². The summed E-state index contributed by atoms with van der Waals surface area (Å²) < 4.78 is 0. The standard InChI is InChI=1S/C18H20N2O2S/c1-3-15-12(2)10-16(23-15)18(22)19-11-17(21)20-9-8-13-6-4-5-7-14(13)20/h4-7,10H,3,8-9,11H2,1-2H3,(H,19,22). The third-order valence-corrected chi connectivity index (χ3v) is 5.53. The second-order valence-corrected chi connectivity index (χ2v) is 6.81. The molecule has 0 unspecified atom stereocenters. The van der Waals surface area contributed by atoms with Gasteiger partial charge in [-0.1, -0.05) is 25.1 Å². The molecule has 23 heavy (non-hydrogen) atoms. The molecule has 1 aliphatic heterocycles. The maximum atomic E-state index is 12.4. The number of para-hydroxylation sites is 1. The predicted octanol–water partition coefficient (Wildman–Crippen LogP) is 2.94. The van der Waals surface area contributed by atoms with Gasteiger partial charge in [-0.2, -0.15) is 0 Å². The molecular formula is C18H20N2O2S. The molecule has 0 spiro atoms. The largest absolute Gasteiger partial charge is 0.342 e. The molecule has 0 atom stereocenters. The molecule has 1 aromatic carbocycles. The molecular weight excluding hydrogens is 308 g/mol. The molecule has 0 bridgehead atoms. The zero-order valence-electron chi connectivity index (χ0n) is 13.4. The molecule has 1 aliphatic rings. The molecule has 0 aliphatic carbocycles. The van der Waals surface area contributed by atoms with Crippen molar-refractivity contribution in [3.63, 3.8) is 0 Å². The number of carbonyl (C=O) groups is 2.